The number of aryl methyl sites for hydroxylation is 1. The molecule has 0 saturated carbocycles. The van der Waals surface area contributed by atoms with Gasteiger partial charge < -0.3 is 9.47 Å². The Balaban J connectivity index is 1.68. The smallest absolute Gasteiger partial charge is 0.225 e. The highest BCUT2D eigenvalue weighted by atomic mass is 16.2. The van der Waals surface area contributed by atoms with E-state index in [9.17, 15) is 4.79 Å². The van der Waals surface area contributed by atoms with Gasteiger partial charge in [0.15, 0.2) is 5.82 Å². The van der Waals surface area contributed by atoms with Crippen LogP contribution in [0.3, 0.4) is 0 Å². The fourth-order valence-corrected chi connectivity index (χ4v) is 3.09. The first-order valence-electron chi connectivity index (χ1n) is 8.12. The van der Waals surface area contributed by atoms with E-state index >= 15 is 0 Å². The van der Waals surface area contributed by atoms with E-state index in [0.29, 0.717) is 5.92 Å². The lowest BCUT2D eigenvalue weighted by Crippen LogP contribution is -2.32. The molecule has 0 aromatic carbocycles. The van der Waals surface area contributed by atoms with Gasteiger partial charge in [-0.1, -0.05) is 13.8 Å². The second-order valence-electron chi connectivity index (χ2n) is 6.56. The Labute approximate surface area is 136 Å². The molecule has 6 heteroatoms. The molecule has 2 aromatic rings. The number of hydrogen-bond donors (Lipinski definition) is 0. The van der Waals surface area contributed by atoms with Crippen molar-refractivity contribution in [1.29, 1.82) is 0 Å². The third-order valence-electron chi connectivity index (χ3n) is 4.32. The van der Waals surface area contributed by atoms with E-state index in [1.807, 2.05) is 42.8 Å². The van der Waals surface area contributed by atoms with Gasteiger partial charge >= 0.3 is 0 Å². The van der Waals surface area contributed by atoms with Crippen LogP contribution in [0.2, 0.25) is 0 Å². The van der Waals surface area contributed by atoms with Crippen molar-refractivity contribution in [3.63, 3.8) is 0 Å². The maximum absolute atomic E-state index is 12.1. The molecule has 6 nitrogen and oxygen atoms in total. The first-order chi connectivity index (χ1) is 11.0. The molecule has 0 N–H and O–H groups in total. The monoisotopic (exact) mass is 313 g/mol. The highest BCUT2D eigenvalue weighted by molar-refractivity contribution is 5.78. The van der Waals surface area contributed by atoms with Crippen molar-refractivity contribution in [3.8, 4) is 11.5 Å². The summed E-state index contributed by atoms with van der Waals surface area (Å²) in [5.74, 6) is 1.60. The van der Waals surface area contributed by atoms with E-state index < -0.39 is 0 Å². The number of carbonyl (C=O) groups excluding carboxylic acids is 1. The Hall–Kier alpha value is -2.24. The average Bonchev–Trinajstić information content (AvgIpc) is 3.15. The molecule has 2 aromatic heterocycles. The summed E-state index contributed by atoms with van der Waals surface area (Å²) in [5, 5.41) is 0. The topological polar surface area (TPSA) is 63.9 Å². The fourth-order valence-electron chi connectivity index (χ4n) is 3.09. The van der Waals surface area contributed by atoms with Gasteiger partial charge in [0.25, 0.3) is 0 Å². The van der Waals surface area contributed by atoms with Gasteiger partial charge in [0.05, 0.1) is 11.9 Å². The third kappa shape index (κ3) is 3.41. The molecule has 0 bridgehead atoms. The van der Waals surface area contributed by atoms with Crippen LogP contribution in [0.1, 0.15) is 26.0 Å². The molecule has 3 rings (SSSR count). The first-order valence-corrected chi connectivity index (χ1v) is 8.12. The zero-order valence-corrected chi connectivity index (χ0v) is 13.9. The normalized spacial score (nSPS) is 17.9. The Morgan fingerprint density at radius 2 is 2.22 bits per heavy atom. The van der Waals surface area contributed by atoms with Gasteiger partial charge in [-0.15, -0.1) is 0 Å². The number of nitrogens with zero attached hydrogens (tertiary/aromatic N) is 5. The summed E-state index contributed by atoms with van der Waals surface area (Å²) >= 11 is 0. The number of hydrogen-bond acceptors (Lipinski definition) is 4. The Morgan fingerprint density at radius 3 is 2.91 bits per heavy atom. The zero-order chi connectivity index (χ0) is 16.4. The summed E-state index contributed by atoms with van der Waals surface area (Å²) in [7, 11) is 1.95. The lowest BCUT2D eigenvalue weighted by Gasteiger charge is -2.18. The summed E-state index contributed by atoms with van der Waals surface area (Å²) in [6.45, 7) is 5.59. The highest BCUT2D eigenvalue weighted by Gasteiger charge is 2.27. The van der Waals surface area contributed by atoms with Crippen LogP contribution in [0.15, 0.2) is 24.8 Å². The van der Waals surface area contributed by atoms with Crippen molar-refractivity contribution in [2.45, 2.75) is 26.7 Å². The predicted molar refractivity (Wildman–Crippen MR) is 87.5 cm³/mol. The number of amides is 1. The van der Waals surface area contributed by atoms with Crippen LogP contribution in [-0.4, -0.2) is 43.4 Å². The molecule has 23 heavy (non-hydrogen) atoms. The minimum Gasteiger partial charge on any atom is -0.342 e. The van der Waals surface area contributed by atoms with Crippen molar-refractivity contribution in [2.75, 3.05) is 13.1 Å². The minimum atomic E-state index is 0.0697. The van der Waals surface area contributed by atoms with Crippen LogP contribution in [0, 0.1) is 11.8 Å². The van der Waals surface area contributed by atoms with Gasteiger partial charge in [-0.3, -0.25) is 9.78 Å². The SMILES string of the molecule is CC(C)C(=O)N1CC[C@H](Cc2cncc(-c3nccn3C)n2)C1. The van der Waals surface area contributed by atoms with Gasteiger partial charge in [0.2, 0.25) is 5.91 Å². The van der Waals surface area contributed by atoms with E-state index in [2.05, 4.69) is 9.97 Å². The average molecular weight is 313 g/mol. The van der Waals surface area contributed by atoms with Crippen LogP contribution in [0.25, 0.3) is 11.5 Å². The van der Waals surface area contributed by atoms with Crippen LogP contribution in [0.5, 0.6) is 0 Å². The molecule has 1 fully saturated rings. The Morgan fingerprint density at radius 1 is 1.39 bits per heavy atom. The van der Waals surface area contributed by atoms with E-state index in [-0.39, 0.29) is 11.8 Å². The molecule has 1 amide bonds. The second-order valence-corrected chi connectivity index (χ2v) is 6.56. The van der Waals surface area contributed by atoms with Gasteiger partial charge in [-0.2, -0.15) is 0 Å². The van der Waals surface area contributed by atoms with Crippen molar-refractivity contribution >= 4 is 5.91 Å². The molecule has 1 aliphatic heterocycles. The van der Waals surface area contributed by atoms with Crippen molar-refractivity contribution in [1.82, 2.24) is 24.4 Å². The van der Waals surface area contributed by atoms with Crippen molar-refractivity contribution in [3.05, 3.63) is 30.5 Å². The molecule has 1 atom stereocenters. The summed E-state index contributed by atoms with van der Waals surface area (Å²) in [6, 6.07) is 0. The maximum Gasteiger partial charge on any atom is 0.225 e. The molecule has 0 spiro atoms. The summed E-state index contributed by atoms with van der Waals surface area (Å²) in [4.78, 5) is 27.4. The standard InChI is InChI=1S/C17H23N5O/c1-12(2)17(23)22-6-4-13(11-22)8-14-9-18-10-15(20-14)16-19-5-7-21(16)3/h5,7,9-10,12-13H,4,6,8,11H2,1-3H3/t13-/m1/s1. The number of likely N-dealkylation sites (tertiary alicyclic amines) is 1. The van der Waals surface area contributed by atoms with Gasteiger partial charge in [-0.25, -0.2) is 9.97 Å². The predicted octanol–water partition coefficient (Wildman–Crippen LogP) is 1.92. The second kappa shape index (κ2) is 6.48. The molecule has 3 heterocycles. The van der Waals surface area contributed by atoms with Gasteiger partial charge in [0, 0.05) is 44.6 Å². The van der Waals surface area contributed by atoms with E-state index in [0.717, 1.165) is 43.1 Å². The van der Waals surface area contributed by atoms with Gasteiger partial charge in [-0.05, 0) is 18.8 Å². The van der Waals surface area contributed by atoms with Gasteiger partial charge in [0.1, 0.15) is 5.69 Å². The minimum absolute atomic E-state index is 0.0697. The number of imidazole rings is 1. The van der Waals surface area contributed by atoms with E-state index in [1.54, 1.807) is 12.4 Å². The van der Waals surface area contributed by atoms with E-state index in [1.165, 1.54) is 0 Å². The van der Waals surface area contributed by atoms with Crippen LogP contribution < -0.4 is 0 Å². The highest BCUT2D eigenvalue weighted by Crippen LogP contribution is 2.22. The molecule has 1 saturated heterocycles. The lowest BCUT2D eigenvalue weighted by molar-refractivity contribution is -0.133. The van der Waals surface area contributed by atoms with Crippen LogP contribution in [0.4, 0.5) is 0 Å². The molecule has 1 aliphatic rings. The summed E-state index contributed by atoms with van der Waals surface area (Å²) in [6.07, 6.45) is 9.11. The van der Waals surface area contributed by atoms with Crippen LogP contribution >= 0.6 is 0 Å². The van der Waals surface area contributed by atoms with Crippen molar-refractivity contribution in [2.24, 2.45) is 18.9 Å². The molecule has 0 radical (unpaired) electrons. The van der Waals surface area contributed by atoms with E-state index in [4.69, 9.17) is 4.98 Å². The maximum atomic E-state index is 12.1. The largest absolute Gasteiger partial charge is 0.342 e. The third-order valence-corrected chi connectivity index (χ3v) is 4.32. The molecule has 0 aliphatic carbocycles. The number of aromatic nitrogens is 4. The summed E-state index contributed by atoms with van der Waals surface area (Å²) in [5.41, 5.74) is 1.76. The lowest BCUT2D eigenvalue weighted by atomic mass is 10.0. The molecular weight excluding hydrogens is 290 g/mol. The molecular formula is C17H23N5O. The quantitative estimate of drug-likeness (QED) is 0.865. The van der Waals surface area contributed by atoms with Crippen LogP contribution in [-0.2, 0) is 18.3 Å². The number of rotatable bonds is 4. The fraction of sp³-hybridized carbons (Fsp3) is 0.529. The summed E-state index contributed by atoms with van der Waals surface area (Å²) < 4.78 is 1.94. The first kappa shape index (κ1) is 15.6. The van der Waals surface area contributed by atoms with Crippen molar-refractivity contribution < 1.29 is 4.79 Å². The molecule has 122 valence electrons. The Kier molecular flexibility index (Phi) is 4.41. The Bertz CT molecular complexity index is 694. The molecule has 0 unspecified atom stereocenters. The number of carbonyl (C=O) groups is 1. The zero-order valence-electron chi connectivity index (χ0n) is 13.9.